The molecular formula is C17H30N2O6. The molecule has 8 heteroatoms. The van der Waals surface area contributed by atoms with Crippen LogP contribution in [0.5, 0.6) is 0 Å². The predicted octanol–water partition coefficient (Wildman–Crippen LogP) is 2.78. The van der Waals surface area contributed by atoms with Gasteiger partial charge in [-0.15, -0.1) is 0 Å². The van der Waals surface area contributed by atoms with E-state index in [4.69, 9.17) is 25.7 Å². The van der Waals surface area contributed by atoms with E-state index < -0.39 is 29.4 Å². The predicted molar refractivity (Wildman–Crippen MR) is 92.7 cm³/mol. The van der Waals surface area contributed by atoms with Crippen LogP contribution in [0, 0.1) is 0 Å². The molecule has 8 nitrogen and oxygen atoms in total. The van der Waals surface area contributed by atoms with Gasteiger partial charge in [-0.3, -0.25) is 0 Å². The molecule has 1 unspecified atom stereocenters. The molecule has 144 valence electrons. The molecule has 0 aromatic carbocycles. The Balaban J connectivity index is 4.46. The summed E-state index contributed by atoms with van der Waals surface area (Å²) in [7, 11) is 0. The lowest BCUT2D eigenvalue weighted by molar-refractivity contribution is -0.140. The summed E-state index contributed by atoms with van der Waals surface area (Å²) in [6.07, 6.45) is 1.17. The summed E-state index contributed by atoms with van der Waals surface area (Å²) in [6.45, 7) is 10.4. The summed E-state index contributed by atoms with van der Waals surface area (Å²) in [6, 6.07) is 0. The molecule has 0 aromatic heterocycles. The molecule has 1 atom stereocenters. The molecule has 0 aromatic rings. The van der Waals surface area contributed by atoms with E-state index in [2.05, 4.69) is 6.58 Å². The molecule has 0 radical (unpaired) electrons. The van der Waals surface area contributed by atoms with Crippen LogP contribution in [0.1, 0.15) is 59.8 Å². The highest BCUT2D eigenvalue weighted by atomic mass is 16.6. The van der Waals surface area contributed by atoms with Crippen LogP contribution in [0.4, 0.5) is 9.59 Å². The monoisotopic (exact) mass is 358 g/mol. The quantitative estimate of drug-likeness (QED) is 0.253. The third-order valence-electron chi connectivity index (χ3n) is 3.67. The Morgan fingerprint density at radius 3 is 1.92 bits per heavy atom. The van der Waals surface area contributed by atoms with Crippen molar-refractivity contribution in [2.45, 2.75) is 71.0 Å². The Morgan fingerprint density at radius 1 is 0.920 bits per heavy atom. The maximum Gasteiger partial charge on any atom is 0.405 e. The number of carbonyl (C=O) groups is 3. The molecule has 0 aliphatic rings. The molecule has 0 saturated heterocycles. The smallest absolute Gasteiger partial charge is 0.405 e. The van der Waals surface area contributed by atoms with Gasteiger partial charge >= 0.3 is 18.2 Å². The van der Waals surface area contributed by atoms with E-state index in [-0.39, 0.29) is 6.61 Å². The first-order valence-corrected chi connectivity index (χ1v) is 8.16. The van der Waals surface area contributed by atoms with Crippen LogP contribution >= 0.6 is 0 Å². The Bertz CT molecular complexity index is 503. The average molecular weight is 358 g/mol. The molecule has 0 aliphatic carbocycles. The van der Waals surface area contributed by atoms with Crippen LogP contribution in [0.2, 0.25) is 0 Å². The highest BCUT2D eigenvalue weighted by Gasteiger charge is 2.29. The normalized spacial score (nSPS) is 13.4. The fraction of sp³-hybridized carbons (Fsp3) is 0.706. The zero-order valence-corrected chi connectivity index (χ0v) is 15.6. The van der Waals surface area contributed by atoms with E-state index in [0.717, 1.165) is 6.42 Å². The standard InChI is InChI=1S/C17H30N2O6/c1-12(2)13(20)23-11-10-17(5,25-15(19)22)9-7-6-8-16(3,4)24-14(18)21/h1,6-11H2,2-5H3,(H2,18,21)(H2,19,22). The molecule has 0 spiro atoms. The van der Waals surface area contributed by atoms with Crippen LogP contribution < -0.4 is 11.5 Å². The van der Waals surface area contributed by atoms with Gasteiger partial charge in [0.1, 0.15) is 11.2 Å². The van der Waals surface area contributed by atoms with Crippen LogP contribution in [-0.4, -0.2) is 36.0 Å². The lowest BCUT2D eigenvalue weighted by atomic mass is 9.92. The van der Waals surface area contributed by atoms with E-state index in [1.807, 2.05) is 0 Å². The van der Waals surface area contributed by atoms with Crippen molar-refractivity contribution in [1.29, 1.82) is 0 Å². The van der Waals surface area contributed by atoms with Crippen molar-refractivity contribution < 1.29 is 28.6 Å². The molecule has 0 heterocycles. The van der Waals surface area contributed by atoms with Gasteiger partial charge in [0.05, 0.1) is 6.61 Å². The Morgan fingerprint density at radius 2 is 1.44 bits per heavy atom. The van der Waals surface area contributed by atoms with Crippen molar-refractivity contribution in [3.05, 3.63) is 12.2 Å². The number of nitrogens with two attached hydrogens (primary N) is 2. The second-order valence-corrected chi connectivity index (χ2v) is 6.93. The average Bonchev–Trinajstić information content (AvgIpc) is 2.41. The van der Waals surface area contributed by atoms with Crippen LogP contribution in [-0.2, 0) is 19.0 Å². The van der Waals surface area contributed by atoms with E-state index in [1.165, 1.54) is 0 Å². The first kappa shape index (κ1) is 22.8. The van der Waals surface area contributed by atoms with Gasteiger partial charge < -0.3 is 25.7 Å². The van der Waals surface area contributed by atoms with Crippen molar-refractivity contribution in [2.75, 3.05) is 6.61 Å². The van der Waals surface area contributed by atoms with Gasteiger partial charge in [0, 0.05) is 12.0 Å². The number of hydrogen-bond donors (Lipinski definition) is 2. The molecule has 4 N–H and O–H groups in total. The van der Waals surface area contributed by atoms with Crippen molar-refractivity contribution in [1.82, 2.24) is 0 Å². The minimum atomic E-state index is -0.883. The highest BCUT2D eigenvalue weighted by Crippen LogP contribution is 2.26. The third kappa shape index (κ3) is 11.0. The van der Waals surface area contributed by atoms with Crippen LogP contribution in [0.3, 0.4) is 0 Å². The van der Waals surface area contributed by atoms with Crippen LogP contribution in [0.15, 0.2) is 12.2 Å². The molecule has 0 fully saturated rings. The molecule has 0 aliphatic heterocycles. The fourth-order valence-corrected chi connectivity index (χ4v) is 2.33. The minimum Gasteiger partial charge on any atom is -0.462 e. The zero-order chi connectivity index (χ0) is 19.7. The molecule has 0 bridgehead atoms. The SMILES string of the molecule is C=C(C)C(=O)OCCC(C)(CCCCC(C)(C)OC(N)=O)OC(N)=O. The second-order valence-electron chi connectivity index (χ2n) is 6.93. The van der Waals surface area contributed by atoms with Crippen molar-refractivity contribution in [2.24, 2.45) is 11.5 Å². The largest absolute Gasteiger partial charge is 0.462 e. The van der Waals surface area contributed by atoms with Gasteiger partial charge in [-0.05, 0) is 53.4 Å². The summed E-state index contributed by atoms with van der Waals surface area (Å²) < 4.78 is 15.3. The van der Waals surface area contributed by atoms with E-state index in [1.54, 1.807) is 27.7 Å². The van der Waals surface area contributed by atoms with Gasteiger partial charge in [0.25, 0.3) is 0 Å². The molecule has 25 heavy (non-hydrogen) atoms. The molecule has 0 saturated carbocycles. The topological polar surface area (TPSA) is 131 Å². The lowest BCUT2D eigenvalue weighted by Crippen LogP contribution is -2.36. The zero-order valence-electron chi connectivity index (χ0n) is 15.6. The second kappa shape index (κ2) is 9.90. The summed E-state index contributed by atoms with van der Waals surface area (Å²) in [4.78, 5) is 33.4. The van der Waals surface area contributed by atoms with Gasteiger partial charge in [0.2, 0.25) is 0 Å². The molecule has 2 amide bonds. The Hall–Kier alpha value is -2.25. The van der Waals surface area contributed by atoms with Gasteiger partial charge in [-0.2, -0.15) is 0 Å². The van der Waals surface area contributed by atoms with Gasteiger partial charge in [-0.1, -0.05) is 6.58 Å². The van der Waals surface area contributed by atoms with Crippen molar-refractivity contribution >= 4 is 18.2 Å². The minimum absolute atomic E-state index is 0.0890. The third-order valence-corrected chi connectivity index (χ3v) is 3.67. The van der Waals surface area contributed by atoms with E-state index >= 15 is 0 Å². The number of rotatable bonds is 11. The van der Waals surface area contributed by atoms with Gasteiger partial charge in [0.15, 0.2) is 0 Å². The number of amides is 2. The molecule has 0 rings (SSSR count). The molecular weight excluding hydrogens is 328 g/mol. The maximum atomic E-state index is 11.4. The Kier molecular flexibility index (Phi) is 9.01. The maximum absolute atomic E-state index is 11.4. The number of unbranched alkanes of at least 4 members (excludes halogenated alkanes) is 1. The summed E-state index contributed by atoms with van der Waals surface area (Å²) in [5.41, 5.74) is 8.95. The first-order chi connectivity index (χ1) is 11.4. The van der Waals surface area contributed by atoms with Crippen molar-refractivity contribution in [3.8, 4) is 0 Å². The number of hydrogen-bond acceptors (Lipinski definition) is 6. The number of esters is 1. The fourth-order valence-electron chi connectivity index (χ4n) is 2.33. The summed E-state index contributed by atoms with van der Waals surface area (Å²) in [5.74, 6) is -0.494. The van der Waals surface area contributed by atoms with Crippen molar-refractivity contribution in [3.63, 3.8) is 0 Å². The highest BCUT2D eigenvalue weighted by molar-refractivity contribution is 5.86. The van der Waals surface area contributed by atoms with E-state index in [0.29, 0.717) is 31.3 Å². The lowest BCUT2D eigenvalue weighted by Gasteiger charge is -2.29. The summed E-state index contributed by atoms with van der Waals surface area (Å²) >= 11 is 0. The number of ether oxygens (including phenoxy) is 3. The summed E-state index contributed by atoms with van der Waals surface area (Å²) in [5, 5.41) is 0. The van der Waals surface area contributed by atoms with Gasteiger partial charge in [-0.25, -0.2) is 14.4 Å². The first-order valence-electron chi connectivity index (χ1n) is 8.16. The number of primary amides is 2. The van der Waals surface area contributed by atoms with Crippen LogP contribution in [0.25, 0.3) is 0 Å². The number of carbonyl (C=O) groups excluding carboxylic acids is 3. The van der Waals surface area contributed by atoms with E-state index in [9.17, 15) is 14.4 Å². The Labute approximate surface area is 148 Å².